The van der Waals surface area contributed by atoms with E-state index >= 15 is 0 Å². The van der Waals surface area contributed by atoms with E-state index < -0.39 is 17.6 Å². The normalized spacial score (nSPS) is 21.5. The number of carbonyl (C=O) groups is 1. The molecule has 1 amide bonds. The number of halogens is 3. The smallest absolute Gasteiger partial charge is 0.321 e. The molecule has 0 radical (unpaired) electrons. The third-order valence-corrected chi connectivity index (χ3v) is 9.39. The van der Waals surface area contributed by atoms with Gasteiger partial charge in [0.05, 0.1) is 18.2 Å². The lowest BCUT2D eigenvalue weighted by Gasteiger charge is -2.45. The van der Waals surface area contributed by atoms with Gasteiger partial charge in [-0.05, 0) is 65.4 Å². The van der Waals surface area contributed by atoms with Crippen LogP contribution in [0.5, 0.6) is 0 Å². The van der Waals surface area contributed by atoms with E-state index in [1.807, 2.05) is 41.9 Å². The predicted molar refractivity (Wildman–Crippen MR) is 155 cm³/mol. The average Bonchev–Trinajstić information content (AvgIpc) is 3.55. The molecule has 11 heteroatoms. The third-order valence-electron chi connectivity index (χ3n) is 9.39. The Labute approximate surface area is 252 Å². The quantitative estimate of drug-likeness (QED) is 0.297. The summed E-state index contributed by atoms with van der Waals surface area (Å²) in [7, 11) is 1.87. The number of hydrogen-bond donors (Lipinski definition) is 0. The SMILES string of the molecule is Cn1cnnc1CC1(c2cccc(N3Cc4c(cc(CN5CCc6ncccc6C5)cc4C(F)(F)F)C3=O)c2)CC(C#N)C1. The van der Waals surface area contributed by atoms with Crippen LogP contribution in [0.4, 0.5) is 18.9 Å². The van der Waals surface area contributed by atoms with Crippen molar-refractivity contribution >= 4 is 11.6 Å². The highest BCUT2D eigenvalue weighted by Crippen LogP contribution is 2.50. The van der Waals surface area contributed by atoms with E-state index in [9.17, 15) is 23.2 Å². The molecule has 3 aliphatic rings. The molecule has 224 valence electrons. The highest BCUT2D eigenvalue weighted by atomic mass is 19.4. The molecule has 4 aromatic rings. The molecule has 2 aliphatic heterocycles. The minimum Gasteiger partial charge on any atom is -0.321 e. The number of alkyl halides is 3. The summed E-state index contributed by atoms with van der Waals surface area (Å²) in [6, 6.07) is 16.5. The minimum absolute atomic E-state index is 0.00632. The second-order valence-electron chi connectivity index (χ2n) is 12.2. The second kappa shape index (κ2) is 10.6. The van der Waals surface area contributed by atoms with Crippen LogP contribution < -0.4 is 4.90 Å². The van der Waals surface area contributed by atoms with Gasteiger partial charge in [-0.3, -0.25) is 14.7 Å². The van der Waals surface area contributed by atoms with Crippen LogP contribution in [-0.4, -0.2) is 37.1 Å². The monoisotopic (exact) mass is 597 g/mol. The molecular formula is C33H30F3N7O. The standard InChI is InChI=1S/C33H30F3N7O/c1-41-20-39-40-30(41)15-32(13-22(14-32)16-37)24-5-2-6-25(12-24)43-19-27-26(31(43)44)10-21(11-28(27)33(34,35)36)17-42-9-7-29-23(18-42)4-3-8-38-29/h2-6,8,10-12,20,22H,7,9,13-15,17-19H2,1H3. The molecule has 2 aromatic carbocycles. The Morgan fingerprint density at radius 3 is 2.70 bits per heavy atom. The van der Waals surface area contributed by atoms with Crippen LogP contribution in [0.25, 0.3) is 0 Å². The summed E-state index contributed by atoms with van der Waals surface area (Å²) in [5.74, 6) is 0.248. The van der Waals surface area contributed by atoms with Crippen molar-refractivity contribution in [1.29, 1.82) is 5.26 Å². The molecule has 1 saturated carbocycles. The van der Waals surface area contributed by atoms with E-state index in [0.717, 1.165) is 29.1 Å². The molecule has 7 rings (SSSR count). The van der Waals surface area contributed by atoms with Crippen molar-refractivity contribution in [3.8, 4) is 6.07 Å². The number of hydrogen-bond acceptors (Lipinski definition) is 6. The first-order chi connectivity index (χ1) is 21.1. The second-order valence-corrected chi connectivity index (χ2v) is 12.2. The van der Waals surface area contributed by atoms with Gasteiger partial charge in [0, 0.05) is 74.0 Å². The molecular weight excluding hydrogens is 567 g/mol. The summed E-state index contributed by atoms with van der Waals surface area (Å²) in [5, 5.41) is 17.8. The lowest BCUT2D eigenvalue weighted by Crippen LogP contribution is -2.43. The maximum Gasteiger partial charge on any atom is 0.416 e. The summed E-state index contributed by atoms with van der Waals surface area (Å²) in [5.41, 5.74) is 3.00. The summed E-state index contributed by atoms with van der Waals surface area (Å²) in [6.45, 7) is 1.42. The lowest BCUT2D eigenvalue weighted by molar-refractivity contribution is -0.138. The Morgan fingerprint density at radius 1 is 1.11 bits per heavy atom. The molecule has 0 spiro atoms. The molecule has 8 nitrogen and oxygen atoms in total. The predicted octanol–water partition coefficient (Wildman–Crippen LogP) is 5.36. The van der Waals surface area contributed by atoms with Gasteiger partial charge >= 0.3 is 6.18 Å². The molecule has 0 saturated heterocycles. The summed E-state index contributed by atoms with van der Waals surface area (Å²) in [6.07, 6.45) is 1.34. The topological polar surface area (TPSA) is 90.9 Å². The largest absolute Gasteiger partial charge is 0.416 e. The van der Waals surface area contributed by atoms with Crippen molar-refractivity contribution in [3.05, 3.63) is 106 Å². The Hall–Kier alpha value is -4.56. The van der Waals surface area contributed by atoms with Gasteiger partial charge in [-0.1, -0.05) is 18.2 Å². The van der Waals surface area contributed by atoms with Crippen LogP contribution in [-0.2, 0) is 51.1 Å². The van der Waals surface area contributed by atoms with Gasteiger partial charge in [-0.25, -0.2) is 0 Å². The van der Waals surface area contributed by atoms with Crippen molar-refractivity contribution in [2.24, 2.45) is 13.0 Å². The number of carbonyl (C=O) groups excluding carboxylic acids is 1. The molecule has 1 aliphatic carbocycles. The van der Waals surface area contributed by atoms with Crippen LogP contribution >= 0.6 is 0 Å². The number of benzene rings is 2. The van der Waals surface area contributed by atoms with Crippen LogP contribution in [0.15, 0.2) is 61.1 Å². The van der Waals surface area contributed by atoms with Crippen molar-refractivity contribution in [3.63, 3.8) is 0 Å². The molecule has 44 heavy (non-hydrogen) atoms. The van der Waals surface area contributed by atoms with Crippen LogP contribution in [0.1, 0.15) is 62.5 Å². The fraction of sp³-hybridized carbons (Fsp3) is 0.364. The van der Waals surface area contributed by atoms with E-state index in [0.29, 0.717) is 50.1 Å². The first-order valence-corrected chi connectivity index (χ1v) is 14.7. The Kier molecular flexibility index (Phi) is 6.77. The maximum atomic E-state index is 14.4. The Bertz CT molecular complexity index is 1800. The van der Waals surface area contributed by atoms with Gasteiger partial charge in [0.25, 0.3) is 5.91 Å². The summed E-state index contributed by atoms with van der Waals surface area (Å²) >= 11 is 0. The first-order valence-electron chi connectivity index (χ1n) is 14.7. The number of anilines is 1. The number of nitriles is 1. The van der Waals surface area contributed by atoms with Crippen LogP contribution in [0, 0.1) is 17.2 Å². The van der Waals surface area contributed by atoms with E-state index in [-0.39, 0.29) is 29.0 Å². The molecule has 0 unspecified atom stereocenters. The highest BCUT2D eigenvalue weighted by Gasteiger charge is 2.47. The summed E-state index contributed by atoms with van der Waals surface area (Å²) < 4.78 is 45.1. The Morgan fingerprint density at radius 2 is 1.95 bits per heavy atom. The minimum atomic E-state index is -4.60. The van der Waals surface area contributed by atoms with Crippen molar-refractivity contribution in [2.75, 3.05) is 11.4 Å². The fourth-order valence-corrected chi connectivity index (χ4v) is 7.07. The number of pyridine rings is 1. The van der Waals surface area contributed by atoms with Gasteiger partial charge in [0.15, 0.2) is 0 Å². The average molecular weight is 598 g/mol. The molecule has 0 atom stereocenters. The van der Waals surface area contributed by atoms with E-state index in [2.05, 4.69) is 26.2 Å². The van der Waals surface area contributed by atoms with Gasteiger partial charge in [0.2, 0.25) is 0 Å². The lowest BCUT2D eigenvalue weighted by atomic mass is 9.57. The van der Waals surface area contributed by atoms with Crippen molar-refractivity contribution in [1.82, 2.24) is 24.6 Å². The van der Waals surface area contributed by atoms with Gasteiger partial charge in [-0.15, -0.1) is 10.2 Å². The zero-order chi connectivity index (χ0) is 30.6. The van der Waals surface area contributed by atoms with Gasteiger partial charge in [-0.2, -0.15) is 18.4 Å². The number of aryl methyl sites for hydroxylation is 1. The highest BCUT2D eigenvalue weighted by molar-refractivity contribution is 6.10. The zero-order valence-corrected chi connectivity index (χ0v) is 24.2. The fourth-order valence-electron chi connectivity index (χ4n) is 7.07. The number of aromatic nitrogens is 4. The zero-order valence-electron chi connectivity index (χ0n) is 24.2. The number of fused-ring (bicyclic) bond motifs is 2. The maximum absolute atomic E-state index is 14.4. The summed E-state index contributed by atoms with van der Waals surface area (Å²) in [4.78, 5) is 21.7. The van der Waals surface area contributed by atoms with Crippen LogP contribution in [0.2, 0.25) is 0 Å². The molecule has 1 fully saturated rings. The molecule has 0 bridgehead atoms. The number of rotatable bonds is 6. The molecule has 2 aromatic heterocycles. The molecule has 0 N–H and O–H groups in total. The Balaban J connectivity index is 1.19. The third kappa shape index (κ3) is 4.93. The van der Waals surface area contributed by atoms with Crippen molar-refractivity contribution in [2.45, 2.75) is 56.9 Å². The van der Waals surface area contributed by atoms with E-state index in [1.54, 1.807) is 24.7 Å². The van der Waals surface area contributed by atoms with E-state index in [1.165, 1.54) is 11.0 Å². The van der Waals surface area contributed by atoms with Gasteiger partial charge in [0.1, 0.15) is 12.2 Å². The number of amides is 1. The number of nitrogens with zero attached hydrogens (tertiary/aromatic N) is 7. The van der Waals surface area contributed by atoms with Crippen molar-refractivity contribution < 1.29 is 18.0 Å². The van der Waals surface area contributed by atoms with E-state index in [4.69, 9.17) is 0 Å². The molecule has 4 heterocycles. The van der Waals surface area contributed by atoms with Gasteiger partial charge < -0.3 is 9.47 Å². The van der Waals surface area contributed by atoms with Crippen LogP contribution in [0.3, 0.4) is 0 Å². The first kappa shape index (κ1) is 28.2.